The number of nitrogens with one attached hydrogen (secondary N) is 2. The lowest BCUT2D eigenvalue weighted by molar-refractivity contribution is -0.132. The largest absolute Gasteiger partial charge is 0.461 e. The number of fused-ring (bicyclic) bond motifs is 1. The topological polar surface area (TPSA) is 74.6 Å². The summed E-state index contributed by atoms with van der Waals surface area (Å²) in [5, 5.41) is 6.61. The van der Waals surface area contributed by atoms with Crippen molar-refractivity contribution in [3.63, 3.8) is 0 Å². The fraction of sp³-hybridized carbons (Fsp3) is 0.280. The summed E-state index contributed by atoms with van der Waals surface area (Å²) in [5.41, 5.74) is 2.08. The Balaban J connectivity index is 1.16. The summed E-state index contributed by atoms with van der Waals surface area (Å²) >= 11 is 0. The van der Waals surface area contributed by atoms with Gasteiger partial charge >= 0.3 is 0 Å². The maximum Gasteiger partial charge on any atom is 0.255 e. The summed E-state index contributed by atoms with van der Waals surface area (Å²) in [4.78, 5) is 27.1. The van der Waals surface area contributed by atoms with Crippen molar-refractivity contribution in [2.24, 2.45) is 0 Å². The van der Waals surface area contributed by atoms with E-state index in [1.165, 1.54) is 0 Å². The quantitative estimate of drug-likeness (QED) is 0.674. The fourth-order valence-corrected chi connectivity index (χ4v) is 4.41. The Labute approximate surface area is 181 Å². The van der Waals surface area contributed by atoms with E-state index in [-0.39, 0.29) is 11.8 Å². The third kappa shape index (κ3) is 3.93. The van der Waals surface area contributed by atoms with Crippen LogP contribution in [0.3, 0.4) is 0 Å². The number of carbonyl (C=O) groups excluding carboxylic acids is 2. The van der Waals surface area contributed by atoms with E-state index < -0.39 is 5.66 Å². The predicted molar refractivity (Wildman–Crippen MR) is 119 cm³/mol. The highest BCUT2D eigenvalue weighted by atomic mass is 16.3. The highest BCUT2D eigenvalue weighted by Gasteiger charge is 2.40. The molecule has 0 bridgehead atoms. The number of anilines is 1. The minimum absolute atomic E-state index is 0.0545. The number of nitrogens with zero attached hydrogens (tertiary/aromatic N) is 1. The number of hydrogen-bond acceptors (Lipinski definition) is 4. The first kappa shape index (κ1) is 19.4. The van der Waals surface area contributed by atoms with Crippen LogP contribution >= 0.6 is 0 Å². The lowest BCUT2D eigenvalue weighted by Crippen LogP contribution is -2.62. The van der Waals surface area contributed by atoms with Crippen LogP contribution in [-0.4, -0.2) is 35.5 Å². The Morgan fingerprint density at radius 2 is 1.68 bits per heavy atom. The monoisotopic (exact) mass is 415 g/mol. The van der Waals surface area contributed by atoms with Crippen LogP contribution in [0.4, 0.5) is 5.69 Å². The molecule has 1 spiro atoms. The molecule has 1 aromatic heterocycles. The molecule has 5 rings (SSSR count). The van der Waals surface area contributed by atoms with Gasteiger partial charge in [-0.15, -0.1) is 0 Å². The zero-order valence-electron chi connectivity index (χ0n) is 17.3. The molecule has 2 aromatic carbocycles. The molecule has 158 valence electrons. The van der Waals surface area contributed by atoms with E-state index in [2.05, 4.69) is 10.6 Å². The molecule has 0 unspecified atom stereocenters. The Morgan fingerprint density at radius 1 is 0.935 bits per heavy atom. The second kappa shape index (κ2) is 7.95. The van der Waals surface area contributed by atoms with Gasteiger partial charge in [-0.3, -0.25) is 9.59 Å². The van der Waals surface area contributed by atoms with Gasteiger partial charge in [0.25, 0.3) is 5.91 Å². The van der Waals surface area contributed by atoms with Crippen LogP contribution in [0.5, 0.6) is 0 Å². The van der Waals surface area contributed by atoms with Gasteiger partial charge in [0.1, 0.15) is 17.2 Å². The van der Waals surface area contributed by atoms with Crippen LogP contribution in [0.1, 0.15) is 35.4 Å². The van der Waals surface area contributed by atoms with E-state index in [0.717, 1.165) is 22.8 Å². The van der Waals surface area contributed by atoms with Gasteiger partial charge in [-0.05, 0) is 24.3 Å². The van der Waals surface area contributed by atoms with Gasteiger partial charge in [-0.25, -0.2) is 0 Å². The standard InChI is InChI=1S/C25H25N3O3/c29-23(13-11-19-10-12-22(31-19)18-6-2-1-3-7-18)28-16-14-25(15-17-28)26-21-9-5-4-8-20(21)24(30)27-25/h1-10,12,26H,11,13-17H2,(H,27,30). The summed E-state index contributed by atoms with van der Waals surface area (Å²) in [6.07, 6.45) is 2.35. The molecule has 2 aliphatic heterocycles. The summed E-state index contributed by atoms with van der Waals surface area (Å²) in [6, 6.07) is 21.4. The van der Waals surface area contributed by atoms with Gasteiger partial charge in [0.2, 0.25) is 5.91 Å². The van der Waals surface area contributed by atoms with Crippen LogP contribution in [0.25, 0.3) is 11.3 Å². The van der Waals surface area contributed by atoms with Crippen molar-refractivity contribution < 1.29 is 14.0 Å². The molecule has 3 heterocycles. The average Bonchev–Trinajstić information content (AvgIpc) is 3.28. The molecule has 0 atom stereocenters. The van der Waals surface area contributed by atoms with Gasteiger partial charge < -0.3 is 20.0 Å². The molecule has 3 aromatic rings. The van der Waals surface area contributed by atoms with E-state index in [4.69, 9.17) is 4.42 Å². The molecular formula is C25H25N3O3. The minimum atomic E-state index is -0.478. The van der Waals surface area contributed by atoms with Crippen molar-refractivity contribution in [2.75, 3.05) is 18.4 Å². The summed E-state index contributed by atoms with van der Waals surface area (Å²) in [7, 11) is 0. The molecular weight excluding hydrogens is 390 g/mol. The molecule has 1 fully saturated rings. The minimum Gasteiger partial charge on any atom is -0.461 e. The molecule has 6 heteroatoms. The van der Waals surface area contributed by atoms with Crippen molar-refractivity contribution in [3.8, 4) is 11.3 Å². The van der Waals surface area contributed by atoms with E-state index in [1.807, 2.05) is 71.6 Å². The van der Waals surface area contributed by atoms with Crippen LogP contribution in [0, 0.1) is 0 Å². The number of rotatable bonds is 4. The van der Waals surface area contributed by atoms with E-state index in [0.29, 0.717) is 44.3 Å². The number of carbonyl (C=O) groups is 2. The molecule has 31 heavy (non-hydrogen) atoms. The average molecular weight is 415 g/mol. The highest BCUT2D eigenvalue weighted by molar-refractivity contribution is 6.02. The van der Waals surface area contributed by atoms with Crippen molar-refractivity contribution in [3.05, 3.63) is 78.1 Å². The van der Waals surface area contributed by atoms with E-state index in [1.54, 1.807) is 0 Å². The van der Waals surface area contributed by atoms with Crippen molar-refractivity contribution in [2.45, 2.75) is 31.3 Å². The SMILES string of the molecule is O=C1NC2(CCN(C(=O)CCc3ccc(-c4ccccc4)o3)CC2)Nc2ccccc21. The Morgan fingerprint density at radius 3 is 2.48 bits per heavy atom. The van der Waals surface area contributed by atoms with Crippen LogP contribution in [-0.2, 0) is 11.2 Å². The number of benzene rings is 2. The highest BCUT2D eigenvalue weighted by Crippen LogP contribution is 2.31. The summed E-state index contributed by atoms with van der Waals surface area (Å²) in [5.74, 6) is 1.71. The summed E-state index contributed by atoms with van der Waals surface area (Å²) < 4.78 is 5.91. The van der Waals surface area contributed by atoms with Gasteiger partial charge in [0.15, 0.2) is 0 Å². The van der Waals surface area contributed by atoms with Crippen LogP contribution in [0.15, 0.2) is 71.1 Å². The van der Waals surface area contributed by atoms with Gasteiger partial charge in [-0.2, -0.15) is 0 Å². The van der Waals surface area contributed by atoms with Crippen molar-refractivity contribution in [1.82, 2.24) is 10.2 Å². The third-order valence-electron chi connectivity index (χ3n) is 6.17. The molecule has 6 nitrogen and oxygen atoms in total. The number of hydrogen-bond donors (Lipinski definition) is 2. The third-order valence-corrected chi connectivity index (χ3v) is 6.17. The molecule has 2 amide bonds. The number of furan rings is 1. The predicted octanol–water partition coefficient (Wildman–Crippen LogP) is 4.05. The molecule has 2 N–H and O–H groups in total. The number of aryl methyl sites for hydroxylation is 1. The Bertz CT molecular complexity index is 1100. The maximum absolute atomic E-state index is 12.8. The molecule has 0 aliphatic carbocycles. The number of amides is 2. The Kier molecular flexibility index (Phi) is 4.98. The van der Waals surface area contributed by atoms with Crippen molar-refractivity contribution in [1.29, 1.82) is 0 Å². The molecule has 2 aliphatic rings. The lowest BCUT2D eigenvalue weighted by Gasteiger charge is -2.45. The fourth-order valence-electron chi connectivity index (χ4n) is 4.41. The van der Waals surface area contributed by atoms with E-state index >= 15 is 0 Å². The maximum atomic E-state index is 12.8. The summed E-state index contributed by atoms with van der Waals surface area (Å²) in [6.45, 7) is 1.23. The van der Waals surface area contributed by atoms with Crippen LogP contribution in [0.2, 0.25) is 0 Å². The second-order valence-corrected chi connectivity index (χ2v) is 8.22. The first-order valence-corrected chi connectivity index (χ1v) is 10.7. The van der Waals surface area contributed by atoms with Gasteiger partial charge in [0, 0.05) is 50.0 Å². The smallest absolute Gasteiger partial charge is 0.255 e. The number of likely N-dealkylation sites (tertiary alicyclic amines) is 1. The molecule has 0 saturated carbocycles. The zero-order chi connectivity index (χ0) is 21.3. The molecule has 0 radical (unpaired) electrons. The lowest BCUT2D eigenvalue weighted by atomic mass is 9.92. The first-order valence-electron chi connectivity index (χ1n) is 10.7. The molecule has 1 saturated heterocycles. The number of para-hydroxylation sites is 1. The van der Waals surface area contributed by atoms with Gasteiger partial charge in [-0.1, -0.05) is 42.5 Å². The van der Waals surface area contributed by atoms with E-state index in [9.17, 15) is 9.59 Å². The Hall–Kier alpha value is -3.54. The van der Waals surface area contributed by atoms with Crippen LogP contribution < -0.4 is 10.6 Å². The first-order chi connectivity index (χ1) is 15.1. The normalized spacial score (nSPS) is 17.0. The number of piperidine rings is 1. The zero-order valence-corrected chi connectivity index (χ0v) is 17.3. The second-order valence-electron chi connectivity index (χ2n) is 8.22. The van der Waals surface area contributed by atoms with Gasteiger partial charge in [0.05, 0.1) is 5.56 Å². The van der Waals surface area contributed by atoms with Crippen molar-refractivity contribution >= 4 is 17.5 Å².